The Kier molecular flexibility index (Phi) is 11.3. The summed E-state index contributed by atoms with van der Waals surface area (Å²) in [5.74, 6) is 0.599. The van der Waals surface area contributed by atoms with Crippen molar-refractivity contribution in [3.05, 3.63) is 126 Å². The van der Waals surface area contributed by atoms with Gasteiger partial charge in [0.2, 0.25) is 5.91 Å². The van der Waals surface area contributed by atoms with Crippen LogP contribution in [0.4, 0.5) is 34.1 Å². The van der Waals surface area contributed by atoms with Gasteiger partial charge in [0.05, 0.1) is 106 Å². The Morgan fingerprint density at radius 3 is 2.49 bits per heavy atom. The van der Waals surface area contributed by atoms with Gasteiger partial charge in [-0.15, -0.1) is 0 Å². The smallest absolute Gasteiger partial charge is 0.229 e. The van der Waals surface area contributed by atoms with E-state index in [4.69, 9.17) is 30.0 Å². The number of imidazole rings is 1. The summed E-state index contributed by atoms with van der Waals surface area (Å²) < 4.78 is 0. The molecule has 5 N–H and O–H groups in total. The first-order valence-corrected chi connectivity index (χ1v) is 24.9. The maximum absolute atomic E-state index is 12.8. The van der Waals surface area contributed by atoms with Crippen molar-refractivity contribution >= 4 is 62.5 Å². The molecular formula is C54H57N17O. The molecule has 7 aromatic heterocycles. The SMILES string of the molecule is Cc1ccncc1-c1cc2c(c(C3CCCN(c4cncc5[nH]c(C6=NNCc7cnc(-c8cncc(NC(=O)C(C)(C)C)c8)cc76)nc45)C3)n1)N(C)CN=C2C1=CNc2c(cncc2N2CCCCC2)N1. The molecule has 0 bridgehead atoms. The van der Waals surface area contributed by atoms with E-state index < -0.39 is 5.41 Å². The quantitative estimate of drug-likeness (QED) is 0.0971. The Bertz CT molecular complexity index is 3380. The number of amides is 1. The summed E-state index contributed by atoms with van der Waals surface area (Å²) in [6.45, 7) is 12.4. The van der Waals surface area contributed by atoms with Gasteiger partial charge in [-0.3, -0.25) is 39.7 Å². The van der Waals surface area contributed by atoms with Crippen molar-refractivity contribution in [2.75, 3.05) is 70.5 Å². The minimum Gasteiger partial charge on any atom is -0.369 e. The molecule has 72 heavy (non-hydrogen) atoms. The van der Waals surface area contributed by atoms with Crippen molar-refractivity contribution in [2.24, 2.45) is 15.5 Å². The molecule has 5 aliphatic rings. The van der Waals surface area contributed by atoms with Gasteiger partial charge in [0.1, 0.15) is 17.9 Å². The van der Waals surface area contributed by atoms with Gasteiger partial charge in [-0.05, 0) is 68.9 Å². The molecule has 12 rings (SSSR count). The number of carbonyl (C=O) groups is 1. The molecule has 2 saturated heterocycles. The van der Waals surface area contributed by atoms with Crippen LogP contribution in [-0.2, 0) is 11.3 Å². The highest BCUT2D eigenvalue weighted by Crippen LogP contribution is 2.43. The van der Waals surface area contributed by atoms with E-state index in [0.717, 1.165) is 128 Å². The van der Waals surface area contributed by atoms with Crippen molar-refractivity contribution in [3.63, 3.8) is 0 Å². The van der Waals surface area contributed by atoms with E-state index in [-0.39, 0.29) is 11.8 Å². The monoisotopic (exact) mass is 959 g/mol. The average molecular weight is 960 g/mol. The van der Waals surface area contributed by atoms with E-state index in [1.165, 1.54) is 19.3 Å². The van der Waals surface area contributed by atoms with Crippen molar-refractivity contribution < 1.29 is 4.79 Å². The first kappa shape index (κ1) is 44.9. The zero-order valence-electron chi connectivity index (χ0n) is 41.2. The van der Waals surface area contributed by atoms with E-state index in [2.05, 4.69) is 82.2 Å². The molecule has 0 saturated carbocycles. The zero-order valence-corrected chi connectivity index (χ0v) is 41.2. The molecule has 0 spiro atoms. The van der Waals surface area contributed by atoms with Crippen molar-refractivity contribution in [1.82, 2.24) is 45.3 Å². The molecule has 1 atom stereocenters. The summed E-state index contributed by atoms with van der Waals surface area (Å²) in [5.41, 5.74) is 20.8. The molecule has 12 heterocycles. The number of allylic oxidation sites excluding steroid dienone is 1. The predicted molar refractivity (Wildman–Crippen MR) is 284 cm³/mol. The fraction of sp³-hybridized carbons (Fsp3) is 0.333. The van der Waals surface area contributed by atoms with Gasteiger partial charge < -0.3 is 41.1 Å². The molecule has 0 aliphatic carbocycles. The van der Waals surface area contributed by atoms with E-state index in [0.29, 0.717) is 42.7 Å². The summed E-state index contributed by atoms with van der Waals surface area (Å²) in [7, 11) is 2.11. The van der Waals surface area contributed by atoms with Crippen LogP contribution in [0.5, 0.6) is 0 Å². The highest BCUT2D eigenvalue weighted by molar-refractivity contribution is 6.20. The van der Waals surface area contributed by atoms with E-state index in [1.54, 1.807) is 12.4 Å². The largest absolute Gasteiger partial charge is 0.369 e. The molecular weight excluding hydrogens is 903 g/mol. The number of aromatic nitrogens is 8. The molecule has 18 heteroatoms. The van der Waals surface area contributed by atoms with Crippen molar-refractivity contribution in [2.45, 2.75) is 72.3 Å². The first-order chi connectivity index (χ1) is 35.0. The molecule has 0 radical (unpaired) electrons. The lowest BCUT2D eigenvalue weighted by atomic mass is 9.88. The first-order valence-electron chi connectivity index (χ1n) is 24.9. The average Bonchev–Trinajstić information content (AvgIpc) is 3.85. The third-order valence-corrected chi connectivity index (χ3v) is 14.3. The van der Waals surface area contributed by atoms with Crippen molar-refractivity contribution in [3.8, 4) is 22.5 Å². The van der Waals surface area contributed by atoms with Gasteiger partial charge >= 0.3 is 0 Å². The minimum atomic E-state index is -0.552. The van der Waals surface area contributed by atoms with Crippen LogP contribution in [-0.4, -0.2) is 97.1 Å². The molecule has 18 nitrogen and oxygen atoms in total. The highest BCUT2D eigenvalue weighted by Gasteiger charge is 2.34. The van der Waals surface area contributed by atoms with E-state index >= 15 is 0 Å². The predicted octanol–water partition coefficient (Wildman–Crippen LogP) is 8.37. The number of H-pyrrole nitrogens is 1. The minimum absolute atomic E-state index is 0.0721. The number of anilines is 6. The maximum Gasteiger partial charge on any atom is 0.229 e. The Hall–Kier alpha value is -8.28. The van der Waals surface area contributed by atoms with E-state index in [1.807, 2.05) is 82.3 Å². The number of nitrogens with zero attached hydrogens (tertiary/aromatic N) is 12. The summed E-state index contributed by atoms with van der Waals surface area (Å²) >= 11 is 0. The van der Waals surface area contributed by atoms with Gasteiger partial charge in [0.25, 0.3) is 0 Å². The fourth-order valence-electron chi connectivity index (χ4n) is 10.5. The summed E-state index contributed by atoms with van der Waals surface area (Å²) in [4.78, 5) is 62.8. The third-order valence-electron chi connectivity index (χ3n) is 14.3. The second-order valence-electron chi connectivity index (χ2n) is 20.4. The summed E-state index contributed by atoms with van der Waals surface area (Å²) in [6, 6.07) is 8.15. The number of hydrogen-bond donors (Lipinski definition) is 5. The van der Waals surface area contributed by atoms with Crippen LogP contribution >= 0.6 is 0 Å². The number of nitrogens with one attached hydrogen (secondary N) is 5. The van der Waals surface area contributed by atoms with Crippen LogP contribution in [0.1, 0.15) is 92.6 Å². The van der Waals surface area contributed by atoms with Crippen LogP contribution in [0.2, 0.25) is 0 Å². The molecule has 7 aromatic rings. The summed E-state index contributed by atoms with van der Waals surface area (Å²) in [6.07, 6.45) is 24.2. The number of hydrazone groups is 1. The molecule has 364 valence electrons. The van der Waals surface area contributed by atoms with E-state index in [9.17, 15) is 4.79 Å². The summed E-state index contributed by atoms with van der Waals surface area (Å²) in [5, 5.41) is 15.2. The molecule has 1 amide bonds. The van der Waals surface area contributed by atoms with Gasteiger partial charge in [-0.1, -0.05) is 20.8 Å². The standard InChI is InChI=1S/C54H57N17O/c1-31-11-12-55-23-38(31)40-18-37-47(43-26-60-49-41(64-43)24-57-27-44(49)70-13-7-6-8-14-70)61-30-69(5)51(37)46(65-40)32-10-9-15-71(29-32)45-28-58-25-42-50(45)67-52(66-42)48-36-17-39(59-20-34(36)21-62-68-48)33-16-35(22-56-19-33)63-53(72)54(2,3)4/h11-12,16-20,22-28,32,60,62,64H,6-10,13-15,21,29-30H2,1-5H3,(H,63,72)(H,66,67). The highest BCUT2D eigenvalue weighted by atomic mass is 16.2. The number of rotatable bonds is 8. The van der Waals surface area contributed by atoms with Crippen LogP contribution in [0.3, 0.4) is 0 Å². The number of carbonyl (C=O) groups excluding carboxylic acids is 1. The van der Waals surface area contributed by atoms with Gasteiger partial charge in [-0.2, -0.15) is 5.10 Å². The number of aryl methyl sites for hydroxylation is 1. The molecule has 2 fully saturated rings. The third kappa shape index (κ3) is 8.29. The number of piperidine rings is 2. The lowest BCUT2D eigenvalue weighted by Crippen LogP contribution is -2.37. The Balaban J connectivity index is 0.867. The zero-order chi connectivity index (χ0) is 49.1. The van der Waals surface area contributed by atoms with Crippen LogP contribution < -0.4 is 36.1 Å². The topological polar surface area (TPSA) is 206 Å². The van der Waals surface area contributed by atoms with Crippen LogP contribution in [0.15, 0.2) is 102 Å². The van der Waals surface area contributed by atoms with Crippen LogP contribution in [0.25, 0.3) is 33.5 Å². The lowest BCUT2D eigenvalue weighted by molar-refractivity contribution is -0.123. The fourth-order valence-corrected chi connectivity index (χ4v) is 10.5. The van der Waals surface area contributed by atoms with Gasteiger partial charge in [0, 0.05) is 103 Å². The number of hydrogen-bond acceptors (Lipinski definition) is 16. The van der Waals surface area contributed by atoms with Gasteiger partial charge in [0.15, 0.2) is 5.82 Å². The second kappa shape index (κ2) is 18.2. The number of aliphatic imine (C=N–C) groups is 1. The maximum atomic E-state index is 12.8. The number of aromatic amines is 1. The Labute approximate surface area is 417 Å². The Morgan fingerprint density at radius 2 is 1.62 bits per heavy atom. The molecule has 5 aliphatic heterocycles. The lowest BCUT2D eigenvalue weighted by Gasteiger charge is -2.37. The Morgan fingerprint density at radius 1 is 0.806 bits per heavy atom. The molecule has 1 unspecified atom stereocenters. The van der Waals surface area contributed by atoms with Gasteiger partial charge in [-0.25, -0.2) is 4.98 Å². The molecule has 0 aromatic carbocycles. The second-order valence-corrected chi connectivity index (χ2v) is 20.4. The van der Waals surface area contributed by atoms with Crippen molar-refractivity contribution in [1.29, 1.82) is 0 Å². The normalized spacial score (nSPS) is 17.6. The number of fused-ring (bicyclic) bond motifs is 4. The number of pyridine rings is 6. The van der Waals surface area contributed by atoms with Crippen LogP contribution in [0, 0.1) is 12.3 Å².